The molecule has 1 amide bonds. The second-order valence-electron chi connectivity index (χ2n) is 4.11. The van der Waals surface area contributed by atoms with Gasteiger partial charge in [0.1, 0.15) is 10.4 Å². The fraction of sp³-hybridized carbons (Fsp3) is 0.636. The lowest BCUT2D eigenvalue weighted by Gasteiger charge is -2.22. The van der Waals surface area contributed by atoms with Gasteiger partial charge in [-0.15, -0.1) is 0 Å². The average molecular weight is 286 g/mol. The number of aromatic nitrogens is 2. The molecule has 1 aliphatic heterocycles. The Morgan fingerprint density at radius 1 is 1.75 bits per heavy atom. The zero-order valence-electron chi connectivity index (χ0n) is 9.37. The number of carbonyl (C=O) groups is 1. The minimum atomic E-state index is 0.144. The van der Waals surface area contributed by atoms with E-state index in [-0.39, 0.29) is 11.9 Å². The monoisotopic (exact) mass is 285 g/mol. The van der Waals surface area contributed by atoms with E-state index in [0.29, 0.717) is 6.42 Å². The van der Waals surface area contributed by atoms with Crippen molar-refractivity contribution < 1.29 is 4.79 Å². The third kappa shape index (κ3) is 2.29. The Bertz CT molecular complexity index is 377. The summed E-state index contributed by atoms with van der Waals surface area (Å²) in [5.74, 6) is 1.14. The predicted octanol–water partition coefficient (Wildman–Crippen LogP) is 2.64. The zero-order chi connectivity index (χ0) is 11.5. The molecule has 1 atom stereocenters. The van der Waals surface area contributed by atoms with Gasteiger partial charge in [0.05, 0.1) is 12.2 Å². The van der Waals surface area contributed by atoms with Gasteiger partial charge in [-0.05, 0) is 35.2 Å². The normalized spacial score (nSPS) is 20.4. The number of rotatable bonds is 3. The smallest absolute Gasteiger partial charge is 0.223 e. The van der Waals surface area contributed by atoms with Gasteiger partial charge in [0, 0.05) is 13.0 Å². The van der Waals surface area contributed by atoms with E-state index in [1.165, 1.54) is 0 Å². The number of hydrogen-bond donors (Lipinski definition) is 1. The molecule has 2 heterocycles. The minimum Gasteiger partial charge on any atom is -0.335 e. The van der Waals surface area contributed by atoms with Crippen molar-refractivity contribution in [2.24, 2.45) is 0 Å². The fourth-order valence-electron chi connectivity index (χ4n) is 2.19. The van der Waals surface area contributed by atoms with Gasteiger partial charge in [-0.25, -0.2) is 4.98 Å². The van der Waals surface area contributed by atoms with Crippen LogP contribution in [0.25, 0.3) is 0 Å². The van der Waals surface area contributed by atoms with Crippen molar-refractivity contribution in [2.75, 3.05) is 6.54 Å². The molecule has 1 fully saturated rings. The lowest BCUT2D eigenvalue weighted by Crippen LogP contribution is -2.30. The van der Waals surface area contributed by atoms with E-state index in [1.807, 2.05) is 11.8 Å². The quantitative estimate of drug-likeness (QED) is 0.928. The second-order valence-corrected chi connectivity index (χ2v) is 4.97. The van der Waals surface area contributed by atoms with Gasteiger partial charge in [-0.1, -0.05) is 6.92 Å². The molecule has 16 heavy (non-hydrogen) atoms. The van der Waals surface area contributed by atoms with E-state index in [9.17, 15) is 4.79 Å². The maximum atomic E-state index is 11.9. The molecule has 0 saturated carbocycles. The van der Waals surface area contributed by atoms with Crippen molar-refractivity contribution in [3.63, 3.8) is 0 Å². The van der Waals surface area contributed by atoms with Gasteiger partial charge in [-0.2, -0.15) is 0 Å². The molecule has 88 valence electrons. The fourth-order valence-corrected chi connectivity index (χ4v) is 2.49. The predicted molar refractivity (Wildman–Crippen MR) is 64.9 cm³/mol. The SMILES string of the molecule is CCCC(=O)N1CCCC1c1ncc(Br)[nH]1. The number of carbonyl (C=O) groups excluding carboxylic acids is 1. The number of nitrogens with zero attached hydrogens (tertiary/aromatic N) is 2. The Morgan fingerprint density at radius 2 is 2.56 bits per heavy atom. The lowest BCUT2D eigenvalue weighted by molar-refractivity contribution is -0.132. The molecule has 1 aromatic heterocycles. The molecule has 1 saturated heterocycles. The summed E-state index contributed by atoms with van der Waals surface area (Å²) in [7, 11) is 0. The van der Waals surface area contributed by atoms with Crippen LogP contribution in [0.3, 0.4) is 0 Å². The first-order valence-corrected chi connectivity index (χ1v) is 6.51. The Hall–Kier alpha value is -0.840. The number of imidazole rings is 1. The van der Waals surface area contributed by atoms with Crippen LogP contribution in [0, 0.1) is 0 Å². The van der Waals surface area contributed by atoms with Gasteiger partial charge in [-0.3, -0.25) is 4.79 Å². The van der Waals surface area contributed by atoms with Gasteiger partial charge in [0.2, 0.25) is 5.91 Å². The number of amides is 1. The van der Waals surface area contributed by atoms with Crippen molar-refractivity contribution in [1.29, 1.82) is 0 Å². The van der Waals surface area contributed by atoms with Gasteiger partial charge in [0.25, 0.3) is 0 Å². The summed E-state index contributed by atoms with van der Waals surface area (Å²) in [6, 6.07) is 0.144. The van der Waals surface area contributed by atoms with Crippen LogP contribution in [0.5, 0.6) is 0 Å². The first kappa shape index (κ1) is 11.6. The minimum absolute atomic E-state index is 0.144. The van der Waals surface area contributed by atoms with E-state index in [0.717, 1.165) is 36.2 Å². The van der Waals surface area contributed by atoms with E-state index in [2.05, 4.69) is 25.9 Å². The first-order chi connectivity index (χ1) is 7.72. The highest BCUT2D eigenvalue weighted by molar-refractivity contribution is 9.10. The van der Waals surface area contributed by atoms with Gasteiger partial charge >= 0.3 is 0 Å². The maximum absolute atomic E-state index is 11.9. The highest BCUT2D eigenvalue weighted by Gasteiger charge is 2.31. The molecule has 0 radical (unpaired) electrons. The molecular formula is C11H16BrN3O. The van der Waals surface area contributed by atoms with Gasteiger partial charge < -0.3 is 9.88 Å². The molecule has 1 unspecified atom stereocenters. The largest absolute Gasteiger partial charge is 0.335 e. The van der Waals surface area contributed by atoms with Gasteiger partial charge in [0.15, 0.2) is 0 Å². The number of H-pyrrole nitrogens is 1. The van der Waals surface area contributed by atoms with Crippen molar-refractivity contribution >= 4 is 21.8 Å². The molecular weight excluding hydrogens is 270 g/mol. The Morgan fingerprint density at radius 3 is 3.19 bits per heavy atom. The molecule has 0 bridgehead atoms. The lowest BCUT2D eigenvalue weighted by atomic mass is 10.2. The number of aromatic amines is 1. The van der Waals surface area contributed by atoms with E-state index in [4.69, 9.17) is 0 Å². The van der Waals surface area contributed by atoms with Crippen LogP contribution in [0.4, 0.5) is 0 Å². The van der Waals surface area contributed by atoms with E-state index < -0.39 is 0 Å². The third-order valence-corrected chi connectivity index (χ3v) is 3.32. The molecule has 0 aliphatic carbocycles. The van der Waals surface area contributed by atoms with Crippen LogP contribution < -0.4 is 0 Å². The molecule has 0 aromatic carbocycles. The zero-order valence-corrected chi connectivity index (χ0v) is 11.0. The van der Waals surface area contributed by atoms with Crippen LogP contribution in [0.15, 0.2) is 10.8 Å². The topological polar surface area (TPSA) is 49.0 Å². The summed E-state index contributed by atoms with van der Waals surface area (Å²) >= 11 is 3.35. The molecule has 5 heteroatoms. The molecule has 4 nitrogen and oxygen atoms in total. The van der Waals surface area contributed by atoms with Crippen LogP contribution in [0.2, 0.25) is 0 Å². The summed E-state index contributed by atoms with van der Waals surface area (Å²) in [4.78, 5) is 21.3. The van der Waals surface area contributed by atoms with Crippen molar-refractivity contribution in [3.05, 3.63) is 16.6 Å². The van der Waals surface area contributed by atoms with Crippen molar-refractivity contribution in [1.82, 2.24) is 14.9 Å². The number of nitrogens with one attached hydrogen (secondary N) is 1. The molecule has 1 aliphatic rings. The summed E-state index contributed by atoms with van der Waals surface area (Å²) in [6.07, 6.45) is 5.37. The molecule has 0 spiro atoms. The Labute approximate surface area is 104 Å². The van der Waals surface area contributed by atoms with E-state index in [1.54, 1.807) is 6.20 Å². The number of halogens is 1. The summed E-state index contributed by atoms with van der Waals surface area (Å²) < 4.78 is 0.872. The third-order valence-electron chi connectivity index (χ3n) is 2.92. The van der Waals surface area contributed by atoms with E-state index >= 15 is 0 Å². The van der Waals surface area contributed by atoms with Crippen LogP contribution in [0.1, 0.15) is 44.5 Å². The van der Waals surface area contributed by atoms with Crippen LogP contribution in [-0.2, 0) is 4.79 Å². The summed E-state index contributed by atoms with van der Waals surface area (Å²) in [5, 5.41) is 0. The standard InChI is InChI=1S/C11H16BrN3O/c1-2-4-10(16)15-6-3-5-8(15)11-13-7-9(12)14-11/h7-8H,2-6H2,1H3,(H,13,14). The number of likely N-dealkylation sites (tertiary alicyclic amines) is 1. The second kappa shape index (κ2) is 4.99. The average Bonchev–Trinajstić information content (AvgIpc) is 2.85. The Kier molecular flexibility index (Phi) is 3.63. The first-order valence-electron chi connectivity index (χ1n) is 5.72. The van der Waals surface area contributed by atoms with Crippen molar-refractivity contribution in [2.45, 2.75) is 38.6 Å². The molecule has 1 aromatic rings. The maximum Gasteiger partial charge on any atom is 0.223 e. The van der Waals surface area contributed by atoms with Crippen molar-refractivity contribution in [3.8, 4) is 0 Å². The highest BCUT2D eigenvalue weighted by Crippen LogP contribution is 2.31. The number of hydrogen-bond acceptors (Lipinski definition) is 2. The molecule has 2 rings (SSSR count). The highest BCUT2D eigenvalue weighted by atomic mass is 79.9. The molecule has 1 N–H and O–H groups in total. The van der Waals surface area contributed by atoms with Crippen LogP contribution >= 0.6 is 15.9 Å². The summed E-state index contributed by atoms with van der Waals surface area (Å²) in [5.41, 5.74) is 0. The summed E-state index contributed by atoms with van der Waals surface area (Å²) in [6.45, 7) is 2.90. The Balaban J connectivity index is 2.11. The van der Waals surface area contributed by atoms with Crippen LogP contribution in [-0.4, -0.2) is 27.3 Å².